The molecule has 0 aliphatic heterocycles. The summed E-state index contributed by atoms with van der Waals surface area (Å²) in [5.41, 5.74) is 0.361. The second-order valence-electron chi connectivity index (χ2n) is 6.46. The topological polar surface area (TPSA) is 74.2 Å². The molecule has 2 rings (SSSR count). The van der Waals surface area contributed by atoms with Crippen LogP contribution in [0, 0.1) is 11.3 Å². The standard InChI is InChI=1S/C20H21N3O2/c1-20(2,3)23-19(24)15(13-21)14-22-16-9-11-18(12-10-16)25-17-7-5-4-6-8-17/h4-12,14,22H,1-3H3,(H,23,24)/b15-14-. The van der Waals surface area contributed by atoms with Crippen molar-refractivity contribution in [2.24, 2.45) is 0 Å². The van der Waals surface area contributed by atoms with Gasteiger partial charge in [-0.3, -0.25) is 4.79 Å². The van der Waals surface area contributed by atoms with Gasteiger partial charge in [0.1, 0.15) is 23.1 Å². The Morgan fingerprint density at radius 1 is 1.04 bits per heavy atom. The highest BCUT2D eigenvalue weighted by molar-refractivity contribution is 5.97. The van der Waals surface area contributed by atoms with E-state index in [2.05, 4.69) is 10.6 Å². The number of amides is 1. The molecular formula is C20H21N3O2. The molecule has 5 heteroatoms. The van der Waals surface area contributed by atoms with E-state index in [1.807, 2.05) is 81.4 Å². The van der Waals surface area contributed by atoms with Crippen molar-refractivity contribution in [1.82, 2.24) is 5.32 Å². The van der Waals surface area contributed by atoms with Crippen molar-refractivity contribution in [3.8, 4) is 17.6 Å². The fraction of sp³-hybridized carbons (Fsp3) is 0.200. The van der Waals surface area contributed by atoms with Gasteiger partial charge in [-0.2, -0.15) is 5.26 Å². The number of carbonyl (C=O) groups excluding carboxylic acids is 1. The number of hydrogen-bond donors (Lipinski definition) is 2. The maximum absolute atomic E-state index is 12.0. The lowest BCUT2D eigenvalue weighted by Crippen LogP contribution is -2.41. The highest BCUT2D eigenvalue weighted by Gasteiger charge is 2.17. The third-order valence-corrected chi connectivity index (χ3v) is 3.07. The number of carbonyl (C=O) groups is 1. The molecule has 2 aromatic carbocycles. The van der Waals surface area contributed by atoms with Crippen LogP contribution in [0.2, 0.25) is 0 Å². The van der Waals surface area contributed by atoms with Crippen LogP contribution < -0.4 is 15.4 Å². The summed E-state index contributed by atoms with van der Waals surface area (Å²) in [5, 5.41) is 14.8. The number of anilines is 1. The molecule has 2 N–H and O–H groups in total. The summed E-state index contributed by atoms with van der Waals surface area (Å²) in [6.45, 7) is 5.58. The second kappa shape index (κ2) is 8.02. The Balaban J connectivity index is 2.00. The first-order valence-corrected chi connectivity index (χ1v) is 7.90. The van der Waals surface area contributed by atoms with E-state index in [9.17, 15) is 4.79 Å². The van der Waals surface area contributed by atoms with Crippen LogP contribution in [0.3, 0.4) is 0 Å². The minimum absolute atomic E-state index is 0.0135. The smallest absolute Gasteiger partial charge is 0.263 e. The molecule has 0 aliphatic rings. The van der Waals surface area contributed by atoms with E-state index in [1.165, 1.54) is 6.20 Å². The van der Waals surface area contributed by atoms with Gasteiger partial charge in [-0.15, -0.1) is 0 Å². The maximum atomic E-state index is 12.0. The van der Waals surface area contributed by atoms with Crippen molar-refractivity contribution in [2.45, 2.75) is 26.3 Å². The van der Waals surface area contributed by atoms with Gasteiger partial charge < -0.3 is 15.4 Å². The fourth-order valence-electron chi connectivity index (χ4n) is 1.96. The second-order valence-corrected chi connectivity index (χ2v) is 6.46. The van der Waals surface area contributed by atoms with Gasteiger partial charge in [-0.1, -0.05) is 18.2 Å². The number of nitrogens with zero attached hydrogens (tertiary/aromatic N) is 1. The zero-order chi connectivity index (χ0) is 18.3. The van der Waals surface area contributed by atoms with E-state index < -0.39 is 11.4 Å². The summed E-state index contributed by atoms with van der Waals surface area (Å²) in [6.07, 6.45) is 1.40. The van der Waals surface area contributed by atoms with Gasteiger partial charge in [0.15, 0.2) is 0 Å². The molecule has 0 aromatic heterocycles. The number of para-hydroxylation sites is 1. The maximum Gasteiger partial charge on any atom is 0.263 e. The first-order chi connectivity index (χ1) is 11.9. The molecule has 0 unspecified atom stereocenters. The zero-order valence-electron chi connectivity index (χ0n) is 14.5. The van der Waals surface area contributed by atoms with Gasteiger partial charge >= 0.3 is 0 Å². The predicted octanol–water partition coefficient (Wildman–Crippen LogP) is 4.21. The number of ether oxygens (including phenoxy) is 1. The molecule has 0 saturated heterocycles. The minimum Gasteiger partial charge on any atom is -0.457 e. The van der Waals surface area contributed by atoms with E-state index in [-0.39, 0.29) is 5.57 Å². The number of nitriles is 1. The van der Waals surface area contributed by atoms with E-state index in [0.717, 1.165) is 11.4 Å². The summed E-state index contributed by atoms with van der Waals surface area (Å²) < 4.78 is 5.71. The molecule has 1 amide bonds. The average Bonchev–Trinajstić information content (AvgIpc) is 2.56. The van der Waals surface area contributed by atoms with Crippen LogP contribution in [0.1, 0.15) is 20.8 Å². The first-order valence-electron chi connectivity index (χ1n) is 7.90. The number of nitrogens with one attached hydrogen (secondary N) is 2. The van der Waals surface area contributed by atoms with Crippen molar-refractivity contribution in [2.75, 3.05) is 5.32 Å². The lowest BCUT2D eigenvalue weighted by molar-refractivity contribution is -0.118. The molecule has 0 radical (unpaired) electrons. The molecule has 0 fully saturated rings. The van der Waals surface area contributed by atoms with Crippen molar-refractivity contribution in [1.29, 1.82) is 5.26 Å². The van der Waals surface area contributed by atoms with Crippen molar-refractivity contribution >= 4 is 11.6 Å². The lowest BCUT2D eigenvalue weighted by atomic mass is 10.1. The third-order valence-electron chi connectivity index (χ3n) is 3.07. The Bertz CT molecular complexity index is 782. The number of benzene rings is 2. The summed E-state index contributed by atoms with van der Waals surface area (Å²) in [7, 11) is 0. The summed E-state index contributed by atoms with van der Waals surface area (Å²) in [4.78, 5) is 12.0. The number of hydrogen-bond acceptors (Lipinski definition) is 4. The van der Waals surface area contributed by atoms with Gasteiger partial charge in [-0.05, 0) is 57.2 Å². The quantitative estimate of drug-likeness (QED) is 0.634. The highest BCUT2D eigenvalue weighted by Crippen LogP contribution is 2.22. The minimum atomic E-state index is -0.411. The van der Waals surface area contributed by atoms with Gasteiger partial charge in [0.2, 0.25) is 0 Å². The highest BCUT2D eigenvalue weighted by atomic mass is 16.5. The normalized spacial score (nSPS) is 11.4. The first kappa shape index (κ1) is 18.1. The van der Waals surface area contributed by atoms with Gasteiger partial charge in [0.05, 0.1) is 0 Å². The molecule has 25 heavy (non-hydrogen) atoms. The molecule has 0 atom stereocenters. The van der Waals surface area contributed by atoms with E-state index in [4.69, 9.17) is 10.00 Å². The van der Waals surface area contributed by atoms with Crippen molar-refractivity contribution < 1.29 is 9.53 Å². The van der Waals surface area contributed by atoms with Crippen molar-refractivity contribution in [3.05, 3.63) is 66.4 Å². The molecule has 5 nitrogen and oxygen atoms in total. The zero-order valence-corrected chi connectivity index (χ0v) is 14.5. The largest absolute Gasteiger partial charge is 0.457 e. The molecular weight excluding hydrogens is 314 g/mol. The van der Waals surface area contributed by atoms with E-state index in [1.54, 1.807) is 0 Å². The third kappa shape index (κ3) is 6.04. The number of rotatable bonds is 5. The summed E-state index contributed by atoms with van der Waals surface area (Å²) >= 11 is 0. The van der Waals surface area contributed by atoms with E-state index >= 15 is 0 Å². The van der Waals surface area contributed by atoms with Crippen molar-refractivity contribution in [3.63, 3.8) is 0 Å². The Hall–Kier alpha value is -3.26. The van der Waals surface area contributed by atoms with Gasteiger partial charge in [0, 0.05) is 17.4 Å². The van der Waals surface area contributed by atoms with Crippen LogP contribution >= 0.6 is 0 Å². The molecule has 128 valence electrons. The average molecular weight is 335 g/mol. The molecule has 0 aliphatic carbocycles. The van der Waals surface area contributed by atoms with Crippen LogP contribution in [0.5, 0.6) is 11.5 Å². The van der Waals surface area contributed by atoms with Crippen LogP contribution in [-0.4, -0.2) is 11.4 Å². The SMILES string of the molecule is CC(C)(C)NC(=O)/C(C#N)=C\Nc1ccc(Oc2ccccc2)cc1. The molecule has 0 heterocycles. The lowest BCUT2D eigenvalue weighted by Gasteiger charge is -2.20. The summed E-state index contributed by atoms with van der Waals surface area (Å²) in [5.74, 6) is 1.05. The Morgan fingerprint density at radius 3 is 2.20 bits per heavy atom. The van der Waals surface area contributed by atoms with Gasteiger partial charge in [0.25, 0.3) is 5.91 Å². The Labute approximate surface area is 147 Å². The van der Waals surface area contributed by atoms with Crippen LogP contribution in [-0.2, 0) is 4.79 Å². The molecule has 2 aromatic rings. The molecule has 0 bridgehead atoms. The van der Waals surface area contributed by atoms with Crippen LogP contribution in [0.15, 0.2) is 66.4 Å². The van der Waals surface area contributed by atoms with E-state index in [0.29, 0.717) is 5.75 Å². The predicted molar refractivity (Wildman–Crippen MR) is 98.2 cm³/mol. The van der Waals surface area contributed by atoms with Crippen LogP contribution in [0.25, 0.3) is 0 Å². The Morgan fingerprint density at radius 2 is 1.64 bits per heavy atom. The summed E-state index contributed by atoms with van der Waals surface area (Å²) in [6, 6.07) is 18.6. The van der Waals surface area contributed by atoms with Crippen LogP contribution in [0.4, 0.5) is 5.69 Å². The monoisotopic (exact) mass is 335 g/mol. The molecule has 0 saturated carbocycles. The van der Waals surface area contributed by atoms with Gasteiger partial charge in [-0.25, -0.2) is 0 Å². The molecule has 0 spiro atoms. The Kier molecular flexibility index (Phi) is 5.80. The fourth-order valence-corrected chi connectivity index (χ4v) is 1.96.